The van der Waals surface area contributed by atoms with E-state index in [9.17, 15) is 4.79 Å². The second-order valence-electron chi connectivity index (χ2n) is 3.28. The third kappa shape index (κ3) is 3.51. The molecule has 0 bridgehead atoms. The number of ether oxygens (including phenoxy) is 2. The molecule has 94 valence electrons. The van der Waals surface area contributed by atoms with E-state index in [1.165, 1.54) is 13.2 Å². The zero-order chi connectivity index (χ0) is 13.5. The van der Waals surface area contributed by atoms with E-state index in [4.69, 9.17) is 26.3 Å². The number of nitrogens with zero attached hydrogens (tertiary/aromatic N) is 1. The highest BCUT2D eigenvalue weighted by Crippen LogP contribution is 2.25. The largest absolute Gasteiger partial charge is 0.496 e. The zero-order valence-corrected chi connectivity index (χ0v) is 10.8. The van der Waals surface area contributed by atoms with Gasteiger partial charge in [0.1, 0.15) is 17.4 Å². The van der Waals surface area contributed by atoms with E-state index in [0.717, 1.165) is 0 Å². The van der Waals surface area contributed by atoms with Crippen LogP contribution in [0.25, 0.3) is 6.08 Å². The van der Waals surface area contributed by atoms with Gasteiger partial charge in [0.15, 0.2) is 0 Å². The topological polar surface area (TPSA) is 59.3 Å². The fraction of sp³-hybridized carbons (Fsp3) is 0.231. The van der Waals surface area contributed by atoms with Crippen LogP contribution in [-0.4, -0.2) is 19.7 Å². The van der Waals surface area contributed by atoms with Crippen molar-refractivity contribution >= 4 is 23.6 Å². The standard InChI is InChI=1S/C13H12ClNO3/c1-3-18-13(16)10(8-15)6-9-7-11(14)4-5-12(9)17-2/h4-7H,3H2,1-2H3/b10-6+. The van der Waals surface area contributed by atoms with Crippen molar-refractivity contribution in [2.75, 3.05) is 13.7 Å². The molecule has 0 saturated carbocycles. The van der Waals surface area contributed by atoms with Gasteiger partial charge in [-0.25, -0.2) is 4.79 Å². The van der Waals surface area contributed by atoms with Gasteiger partial charge in [-0.2, -0.15) is 5.26 Å². The van der Waals surface area contributed by atoms with Crippen molar-refractivity contribution in [1.82, 2.24) is 0 Å². The van der Waals surface area contributed by atoms with Gasteiger partial charge in [0.25, 0.3) is 0 Å². The summed E-state index contributed by atoms with van der Waals surface area (Å²) in [4.78, 5) is 11.5. The minimum absolute atomic E-state index is 0.0996. The first-order valence-electron chi connectivity index (χ1n) is 5.24. The predicted molar refractivity (Wildman–Crippen MR) is 68.2 cm³/mol. The van der Waals surface area contributed by atoms with Crippen molar-refractivity contribution in [3.05, 3.63) is 34.4 Å². The SMILES string of the molecule is CCOC(=O)/C(C#N)=C/c1cc(Cl)ccc1OC. The molecule has 4 nitrogen and oxygen atoms in total. The number of halogens is 1. The Morgan fingerprint density at radius 3 is 2.83 bits per heavy atom. The Kier molecular flexibility index (Phi) is 5.22. The Balaban J connectivity index is 3.17. The Hall–Kier alpha value is -1.99. The van der Waals surface area contributed by atoms with Crippen molar-refractivity contribution in [3.8, 4) is 11.8 Å². The number of methoxy groups -OCH3 is 1. The first-order chi connectivity index (χ1) is 8.62. The van der Waals surface area contributed by atoms with Crippen LogP contribution < -0.4 is 4.74 Å². The van der Waals surface area contributed by atoms with Crippen LogP contribution in [0.5, 0.6) is 5.75 Å². The zero-order valence-electron chi connectivity index (χ0n) is 10.1. The molecular formula is C13H12ClNO3. The second-order valence-corrected chi connectivity index (χ2v) is 3.71. The molecule has 0 amide bonds. The Morgan fingerprint density at radius 2 is 2.28 bits per heavy atom. The summed E-state index contributed by atoms with van der Waals surface area (Å²) in [7, 11) is 1.50. The molecule has 0 radical (unpaired) electrons. The number of esters is 1. The lowest BCUT2D eigenvalue weighted by Gasteiger charge is -2.06. The summed E-state index contributed by atoms with van der Waals surface area (Å²) >= 11 is 5.86. The molecule has 0 atom stereocenters. The number of benzene rings is 1. The molecule has 0 aliphatic rings. The van der Waals surface area contributed by atoms with Gasteiger partial charge in [-0.15, -0.1) is 0 Å². The predicted octanol–water partition coefficient (Wildman–Crippen LogP) is 2.82. The van der Waals surface area contributed by atoms with Crippen LogP contribution in [0.15, 0.2) is 23.8 Å². The molecule has 0 aliphatic carbocycles. The molecule has 0 aromatic heterocycles. The maximum absolute atomic E-state index is 11.5. The van der Waals surface area contributed by atoms with Crippen molar-refractivity contribution in [1.29, 1.82) is 5.26 Å². The van der Waals surface area contributed by atoms with Crippen LogP contribution >= 0.6 is 11.6 Å². The lowest BCUT2D eigenvalue weighted by Crippen LogP contribution is -2.06. The average Bonchev–Trinajstić information content (AvgIpc) is 2.36. The summed E-state index contributed by atoms with van der Waals surface area (Å²) in [5.74, 6) is -0.140. The Morgan fingerprint density at radius 1 is 1.56 bits per heavy atom. The molecule has 18 heavy (non-hydrogen) atoms. The number of rotatable bonds is 4. The van der Waals surface area contributed by atoms with Crippen LogP contribution in [-0.2, 0) is 9.53 Å². The lowest BCUT2D eigenvalue weighted by molar-refractivity contribution is -0.137. The van der Waals surface area contributed by atoms with Crippen LogP contribution in [0.2, 0.25) is 5.02 Å². The van der Waals surface area contributed by atoms with Gasteiger partial charge in [0, 0.05) is 10.6 Å². The maximum atomic E-state index is 11.5. The monoisotopic (exact) mass is 265 g/mol. The molecular weight excluding hydrogens is 254 g/mol. The first-order valence-corrected chi connectivity index (χ1v) is 5.62. The summed E-state index contributed by atoms with van der Waals surface area (Å²) in [6.07, 6.45) is 1.39. The van der Waals surface area contributed by atoms with Crippen LogP contribution in [0.3, 0.4) is 0 Å². The summed E-state index contributed by atoms with van der Waals surface area (Å²) < 4.78 is 9.89. The van der Waals surface area contributed by atoms with E-state index in [2.05, 4.69) is 0 Å². The van der Waals surface area contributed by atoms with Gasteiger partial charge >= 0.3 is 5.97 Å². The van der Waals surface area contributed by atoms with Crippen molar-refractivity contribution < 1.29 is 14.3 Å². The van der Waals surface area contributed by atoms with Crippen molar-refractivity contribution in [2.24, 2.45) is 0 Å². The number of carbonyl (C=O) groups excluding carboxylic acids is 1. The third-order valence-corrected chi connectivity index (χ3v) is 2.34. The van der Waals surface area contributed by atoms with E-state index in [1.54, 1.807) is 31.2 Å². The summed E-state index contributed by atoms with van der Waals surface area (Å²) in [5.41, 5.74) is 0.451. The van der Waals surface area contributed by atoms with E-state index in [-0.39, 0.29) is 12.2 Å². The van der Waals surface area contributed by atoms with E-state index in [1.807, 2.05) is 0 Å². The number of hydrogen-bond donors (Lipinski definition) is 0. The Bertz CT molecular complexity index is 517. The molecule has 0 aliphatic heterocycles. The molecule has 0 N–H and O–H groups in total. The molecule has 0 spiro atoms. The van der Waals surface area contributed by atoms with E-state index >= 15 is 0 Å². The van der Waals surface area contributed by atoms with Gasteiger partial charge in [0.2, 0.25) is 0 Å². The Labute approximate surface area is 110 Å². The van der Waals surface area contributed by atoms with Gasteiger partial charge in [-0.1, -0.05) is 11.6 Å². The lowest BCUT2D eigenvalue weighted by atomic mass is 10.1. The maximum Gasteiger partial charge on any atom is 0.348 e. The van der Waals surface area contributed by atoms with Gasteiger partial charge in [-0.05, 0) is 31.2 Å². The number of hydrogen-bond acceptors (Lipinski definition) is 4. The average molecular weight is 266 g/mol. The number of carbonyl (C=O) groups is 1. The highest BCUT2D eigenvalue weighted by atomic mass is 35.5. The normalized spacial score (nSPS) is 10.7. The van der Waals surface area contributed by atoms with E-state index < -0.39 is 5.97 Å². The molecule has 0 unspecified atom stereocenters. The highest BCUT2D eigenvalue weighted by Gasteiger charge is 2.11. The van der Waals surface area contributed by atoms with Crippen LogP contribution in [0, 0.1) is 11.3 Å². The molecule has 1 aromatic carbocycles. The van der Waals surface area contributed by atoms with Crippen LogP contribution in [0.1, 0.15) is 12.5 Å². The molecule has 1 aromatic rings. The first kappa shape index (κ1) is 14.1. The summed E-state index contributed by atoms with van der Waals surface area (Å²) in [6.45, 7) is 1.89. The summed E-state index contributed by atoms with van der Waals surface area (Å²) in [6, 6.07) is 6.72. The fourth-order valence-corrected chi connectivity index (χ4v) is 1.50. The fourth-order valence-electron chi connectivity index (χ4n) is 1.32. The van der Waals surface area contributed by atoms with Crippen molar-refractivity contribution in [2.45, 2.75) is 6.92 Å². The molecule has 5 heteroatoms. The van der Waals surface area contributed by atoms with Gasteiger partial charge in [-0.3, -0.25) is 0 Å². The quantitative estimate of drug-likeness (QED) is 0.477. The third-order valence-electron chi connectivity index (χ3n) is 2.11. The molecule has 1 rings (SSSR count). The minimum atomic E-state index is -0.665. The van der Waals surface area contributed by atoms with Gasteiger partial charge < -0.3 is 9.47 Å². The minimum Gasteiger partial charge on any atom is -0.496 e. The second kappa shape index (κ2) is 6.67. The molecule has 0 fully saturated rings. The van der Waals surface area contributed by atoms with E-state index in [0.29, 0.717) is 16.3 Å². The number of nitriles is 1. The van der Waals surface area contributed by atoms with Gasteiger partial charge in [0.05, 0.1) is 13.7 Å². The smallest absolute Gasteiger partial charge is 0.348 e. The molecule has 0 saturated heterocycles. The van der Waals surface area contributed by atoms with Crippen molar-refractivity contribution in [3.63, 3.8) is 0 Å². The summed E-state index contributed by atoms with van der Waals surface area (Å²) in [5, 5.41) is 9.41. The molecule has 0 heterocycles. The highest BCUT2D eigenvalue weighted by molar-refractivity contribution is 6.30. The van der Waals surface area contributed by atoms with Crippen LogP contribution in [0.4, 0.5) is 0 Å².